The largest absolute Gasteiger partial charge is 0.385 e. The minimum Gasteiger partial charge on any atom is -0.385 e. The van der Waals surface area contributed by atoms with E-state index in [4.69, 9.17) is 16.3 Å². The van der Waals surface area contributed by atoms with Gasteiger partial charge in [0.1, 0.15) is 0 Å². The lowest BCUT2D eigenvalue weighted by Crippen LogP contribution is -2.24. The van der Waals surface area contributed by atoms with Crippen LogP contribution in [0.5, 0.6) is 0 Å². The molecule has 98 valence electrons. The van der Waals surface area contributed by atoms with Gasteiger partial charge in [-0.25, -0.2) is 4.98 Å². The fourth-order valence-electron chi connectivity index (χ4n) is 1.91. The standard InChI is InChI=1S/C13H18ClN3O/c1-17-12-6-4-3-5-11(12)16-13(17)15-10(9-14)7-8-18-2/h3-6,10H,7-9H2,1-2H3,(H,15,16). The van der Waals surface area contributed by atoms with Crippen molar-refractivity contribution in [3.63, 3.8) is 0 Å². The van der Waals surface area contributed by atoms with Gasteiger partial charge in [0, 0.05) is 32.7 Å². The fourth-order valence-corrected chi connectivity index (χ4v) is 2.14. The summed E-state index contributed by atoms with van der Waals surface area (Å²) in [7, 11) is 3.69. The molecule has 0 amide bonds. The second kappa shape index (κ2) is 6.07. The van der Waals surface area contributed by atoms with Crippen LogP contribution in [0, 0.1) is 0 Å². The van der Waals surface area contributed by atoms with Crippen LogP contribution in [0.15, 0.2) is 24.3 Å². The molecule has 1 heterocycles. The van der Waals surface area contributed by atoms with E-state index in [0.29, 0.717) is 12.5 Å². The maximum atomic E-state index is 5.95. The normalized spacial score (nSPS) is 12.8. The zero-order valence-electron chi connectivity index (χ0n) is 10.7. The number of hydrogen-bond acceptors (Lipinski definition) is 3. The lowest BCUT2D eigenvalue weighted by molar-refractivity contribution is 0.191. The number of ether oxygens (including phenoxy) is 1. The zero-order chi connectivity index (χ0) is 13.0. The Bertz CT molecular complexity index is 512. The Morgan fingerprint density at radius 1 is 1.44 bits per heavy atom. The molecule has 5 heteroatoms. The Kier molecular flexibility index (Phi) is 4.44. The number of rotatable bonds is 6. The van der Waals surface area contributed by atoms with Crippen LogP contribution in [-0.2, 0) is 11.8 Å². The average molecular weight is 268 g/mol. The highest BCUT2D eigenvalue weighted by molar-refractivity contribution is 6.18. The SMILES string of the molecule is COCCC(CCl)Nc1nc2ccccc2n1C. The Balaban J connectivity index is 2.17. The van der Waals surface area contributed by atoms with Crippen molar-refractivity contribution in [2.75, 3.05) is 24.9 Å². The zero-order valence-corrected chi connectivity index (χ0v) is 11.4. The van der Waals surface area contributed by atoms with Crippen molar-refractivity contribution in [3.8, 4) is 0 Å². The predicted molar refractivity (Wildman–Crippen MR) is 75.3 cm³/mol. The maximum Gasteiger partial charge on any atom is 0.203 e. The summed E-state index contributed by atoms with van der Waals surface area (Å²) in [5, 5.41) is 3.36. The Labute approximate surface area is 112 Å². The predicted octanol–water partition coefficient (Wildman–Crippen LogP) is 2.63. The number of halogens is 1. The second-order valence-corrected chi connectivity index (χ2v) is 4.57. The van der Waals surface area contributed by atoms with Crippen molar-refractivity contribution < 1.29 is 4.74 Å². The highest BCUT2D eigenvalue weighted by Gasteiger charge is 2.12. The number of nitrogens with zero attached hydrogens (tertiary/aromatic N) is 2. The molecule has 0 spiro atoms. The molecule has 0 aliphatic heterocycles. The number of imidazole rings is 1. The van der Waals surface area contributed by atoms with Gasteiger partial charge in [-0.15, -0.1) is 11.6 Å². The van der Waals surface area contributed by atoms with Crippen molar-refractivity contribution in [2.24, 2.45) is 7.05 Å². The molecule has 18 heavy (non-hydrogen) atoms. The number of aryl methyl sites for hydroxylation is 1. The number of nitrogens with one attached hydrogen (secondary N) is 1. The molecule has 0 aliphatic carbocycles. The third-order valence-electron chi connectivity index (χ3n) is 2.98. The van der Waals surface area contributed by atoms with Crippen LogP contribution in [0.25, 0.3) is 11.0 Å². The third-order valence-corrected chi connectivity index (χ3v) is 3.35. The quantitative estimate of drug-likeness (QED) is 0.818. The van der Waals surface area contributed by atoms with Crippen molar-refractivity contribution in [2.45, 2.75) is 12.5 Å². The van der Waals surface area contributed by atoms with Crippen molar-refractivity contribution in [1.29, 1.82) is 0 Å². The van der Waals surface area contributed by atoms with Gasteiger partial charge in [-0.2, -0.15) is 0 Å². The van der Waals surface area contributed by atoms with E-state index < -0.39 is 0 Å². The number of alkyl halides is 1. The fraction of sp³-hybridized carbons (Fsp3) is 0.462. The van der Waals surface area contributed by atoms with E-state index in [1.54, 1.807) is 7.11 Å². The van der Waals surface area contributed by atoms with E-state index in [1.807, 2.05) is 29.8 Å². The molecule has 0 fully saturated rings. The molecule has 4 nitrogen and oxygen atoms in total. The minimum atomic E-state index is 0.169. The first-order valence-corrected chi connectivity index (χ1v) is 6.52. The van der Waals surface area contributed by atoms with Gasteiger partial charge in [0.15, 0.2) is 0 Å². The average Bonchev–Trinajstić information content (AvgIpc) is 2.72. The van der Waals surface area contributed by atoms with Gasteiger partial charge in [-0.3, -0.25) is 0 Å². The topological polar surface area (TPSA) is 39.1 Å². The molecule has 2 aromatic rings. The Morgan fingerprint density at radius 2 is 2.22 bits per heavy atom. The summed E-state index contributed by atoms with van der Waals surface area (Å²) in [6.07, 6.45) is 0.864. The smallest absolute Gasteiger partial charge is 0.203 e. The molecule has 0 bridgehead atoms. The number of aromatic nitrogens is 2. The van der Waals surface area contributed by atoms with Gasteiger partial charge in [0.05, 0.1) is 11.0 Å². The lowest BCUT2D eigenvalue weighted by atomic mass is 10.2. The third kappa shape index (κ3) is 2.76. The van der Waals surface area contributed by atoms with Crippen LogP contribution in [0.3, 0.4) is 0 Å². The first kappa shape index (κ1) is 13.2. The molecule has 0 radical (unpaired) electrons. The Morgan fingerprint density at radius 3 is 2.89 bits per heavy atom. The Hall–Kier alpha value is -1.26. The van der Waals surface area contributed by atoms with Crippen LogP contribution in [0.4, 0.5) is 5.95 Å². The monoisotopic (exact) mass is 267 g/mol. The van der Waals surface area contributed by atoms with Gasteiger partial charge in [-0.1, -0.05) is 12.1 Å². The molecule has 0 saturated heterocycles. The molecule has 0 saturated carbocycles. The van der Waals surface area contributed by atoms with Crippen LogP contribution < -0.4 is 5.32 Å². The van der Waals surface area contributed by atoms with Crippen molar-refractivity contribution >= 4 is 28.6 Å². The molecule has 1 aromatic heterocycles. The minimum absolute atomic E-state index is 0.169. The van der Waals surface area contributed by atoms with E-state index in [1.165, 1.54) is 0 Å². The molecule has 1 unspecified atom stereocenters. The van der Waals surface area contributed by atoms with Gasteiger partial charge < -0.3 is 14.6 Å². The van der Waals surface area contributed by atoms with E-state index in [2.05, 4.69) is 16.4 Å². The molecular weight excluding hydrogens is 250 g/mol. The van der Waals surface area contributed by atoms with Gasteiger partial charge in [-0.05, 0) is 18.6 Å². The first-order chi connectivity index (χ1) is 8.76. The van der Waals surface area contributed by atoms with E-state index >= 15 is 0 Å². The van der Waals surface area contributed by atoms with E-state index in [0.717, 1.165) is 23.4 Å². The van der Waals surface area contributed by atoms with Crippen LogP contribution in [-0.4, -0.2) is 35.2 Å². The summed E-state index contributed by atoms with van der Waals surface area (Å²) in [4.78, 5) is 4.56. The summed E-state index contributed by atoms with van der Waals surface area (Å²) in [6, 6.07) is 8.23. The molecular formula is C13H18ClN3O. The van der Waals surface area contributed by atoms with Crippen molar-refractivity contribution in [1.82, 2.24) is 9.55 Å². The lowest BCUT2D eigenvalue weighted by Gasteiger charge is -2.16. The molecule has 1 N–H and O–H groups in total. The first-order valence-electron chi connectivity index (χ1n) is 5.99. The van der Waals surface area contributed by atoms with Crippen LogP contribution in [0.1, 0.15) is 6.42 Å². The number of benzene rings is 1. The number of methoxy groups -OCH3 is 1. The second-order valence-electron chi connectivity index (χ2n) is 4.26. The highest BCUT2D eigenvalue weighted by atomic mass is 35.5. The van der Waals surface area contributed by atoms with Crippen molar-refractivity contribution in [3.05, 3.63) is 24.3 Å². The molecule has 2 rings (SSSR count). The summed E-state index contributed by atoms with van der Waals surface area (Å²) in [5.74, 6) is 1.38. The summed E-state index contributed by atoms with van der Waals surface area (Å²) >= 11 is 5.95. The van der Waals surface area contributed by atoms with E-state index in [9.17, 15) is 0 Å². The highest BCUT2D eigenvalue weighted by Crippen LogP contribution is 2.18. The van der Waals surface area contributed by atoms with E-state index in [-0.39, 0.29) is 6.04 Å². The van der Waals surface area contributed by atoms with Crippen LogP contribution in [0.2, 0.25) is 0 Å². The molecule has 0 aliphatic rings. The maximum absolute atomic E-state index is 5.95. The van der Waals surface area contributed by atoms with Crippen LogP contribution >= 0.6 is 11.6 Å². The summed E-state index contributed by atoms with van der Waals surface area (Å²) in [6.45, 7) is 0.689. The van der Waals surface area contributed by atoms with Gasteiger partial charge >= 0.3 is 0 Å². The number of para-hydroxylation sites is 2. The summed E-state index contributed by atoms with van der Waals surface area (Å²) < 4.78 is 7.12. The van der Waals surface area contributed by atoms with Gasteiger partial charge in [0.2, 0.25) is 5.95 Å². The number of anilines is 1. The van der Waals surface area contributed by atoms with Gasteiger partial charge in [0.25, 0.3) is 0 Å². The number of fused-ring (bicyclic) bond motifs is 1. The summed E-state index contributed by atoms with van der Waals surface area (Å²) in [5.41, 5.74) is 2.10. The number of hydrogen-bond donors (Lipinski definition) is 1. The molecule has 1 aromatic carbocycles. The molecule has 1 atom stereocenters.